The third-order valence-electron chi connectivity index (χ3n) is 2.86. The van der Waals surface area contributed by atoms with Crippen LogP contribution in [0.3, 0.4) is 0 Å². The molecule has 0 aromatic heterocycles. The summed E-state index contributed by atoms with van der Waals surface area (Å²) in [4.78, 5) is 0. The van der Waals surface area contributed by atoms with E-state index in [9.17, 15) is 0 Å². The van der Waals surface area contributed by atoms with Gasteiger partial charge in [0.2, 0.25) is 0 Å². The quantitative estimate of drug-likeness (QED) is 0.712. The molecule has 0 saturated heterocycles. The molecule has 0 saturated carbocycles. The minimum atomic E-state index is 0.715. The SMILES string of the molecule is COc1ccc2c(c1OC)/C(=C/C#N)CC2. The Balaban J connectivity index is 2.63. The predicted octanol–water partition coefficient (Wildman–Crippen LogP) is 2.56. The lowest BCUT2D eigenvalue weighted by molar-refractivity contribution is 0.354. The molecule has 1 aromatic carbocycles. The Morgan fingerprint density at radius 2 is 2.06 bits per heavy atom. The minimum Gasteiger partial charge on any atom is -0.493 e. The van der Waals surface area contributed by atoms with Crippen LogP contribution in [0, 0.1) is 11.3 Å². The lowest BCUT2D eigenvalue weighted by Crippen LogP contribution is -1.95. The van der Waals surface area contributed by atoms with Crippen LogP contribution < -0.4 is 9.47 Å². The number of benzene rings is 1. The number of hydrogen-bond acceptors (Lipinski definition) is 3. The molecule has 0 fully saturated rings. The van der Waals surface area contributed by atoms with Crippen molar-refractivity contribution in [2.45, 2.75) is 12.8 Å². The summed E-state index contributed by atoms with van der Waals surface area (Å²) in [5.74, 6) is 1.45. The second-order valence-corrected chi connectivity index (χ2v) is 3.63. The number of nitriles is 1. The molecule has 1 aromatic rings. The van der Waals surface area contributed by atoms with Crippen LogP contribution in [0.25, 0.3) is 5.57 Å². The molecule has 2 rings (SSSR count). The largest absolute Gasteiger partial charge is 0.493 e. The smallest absolute Gasteiger partial charge is 0.168 e. The van der Waals surface area contributed by atoms with Crippen LogP contribution in [-0.2, 0) is 6.42 Å². The molecule has 0 spiro atoms. The Bertz CT molecular complexity index is 483. The normalized spacial score (nSPS) is 15.7. The van der Waals surface area contributed by atoms with Crippen molar-refractivity contribution in [2.24, 2.45) is 0 Å². The molecule has 3 heteroatoms. The van der Waals surface area contributed by atoms with E-state index in [0.29, 0.717) is 5.75 Å². The molecule has 82 valence electrons. The lowest BCUT2D eigenvalue weighted by atomic mass is 10.1. The van der Waals surface area contributed by atoms with Crippen LogP contribution in [0.4, 0.5) is 0 Å². The predicted molar refractivity (Wildman–Crippen MR) is 61.5 cm³/mol. The van der Waals surface area contributed by atoms with E-state index < -0.39 is 0 Å². The molecular formula is C13H13NO2. The van der Waals surface area contributed by atoms with Gasteiger partial charge >= 0.3 is 0 Å². The molecule has 0 atom stereocenters. The Hall–Kier alpha value is -1.95. The summed E-state index contributed by atoms with van der Waals surface area (Å²) in [5.41, 5.74) is 3.29. The van der Waals surface area contributed by atoms with E-state index in [4.69, 9.17) is 14.7 Å². The molecular weight excluding hydrogens is 202 g/mol. The molecule has 0 unspecified atom stereocenters. The van der Waals surface area contributed by atoms with Gasteiger partial charge < -0.3 is 9.47 Å². The first kappa shape index (κ1) is 10.6. The summed E-state index contributed by atoms with van der Waals surface area (Å²) in [6, 6.07) is 6.03. The van der Waals surface area contributed by atoms with Crippen LogP contribution in [0.15, 0.2) is 18.2 Å². The van der Waals surface area contributed by atoms with Gasteiger partial charge in [0.05, 0.1) is 20.3 Å². The Morgan fingerprint density at radius 3 is 2.69 bits per heavy atom. The summed E-state index contributed by atoms with van der Waals surface area (Å²) < 4.78 is 10.6. The highest BCUT2D eigenvalue weighted by molar-refractivity contribution is 5.80. The molecule has 3 nitrogen and oxygen atoms in total. The van der Waals surface area contributed by atoms with Gasteiger partial charge in [0.1, 0.15) is 0 Å². The van der Waals surface area contributed by atoms with Gasteiger partial charge in [0, 0.05) is 11.6 Å². The van der Waals surface area contributed by atoms with Gasteiger partial charge in [-0.3, -0.25) is 0 Å². The van der Waals surface area contributed by atoms with Crippen LogP contribution in [0.1, 0.15) is 17.5 Å². The molecule has 0 N–H and O–H groups in total. The Morgan fingerprint density at radius 1 is 1.25 bits per heavy atom. The van der Waals surface area contributed by atoms with E-state index >= 15 is 0 Å². The van der Waals surface area contributed by atoms with Crippen molar-refractivity contribution in [3.8, 4) is 17.6 Å². The molecule has 0 radical (unpaired) electrons. The molecule has 0 amide bonds. The Kier molecular flexibility index (Phi) is 2.82. The van der Waals surface area contributed by atoms with E-state index in [2.05, 4.69) is 6.07 Å². The fourth-order valence-electron chi connectivity index (χ4n) is 2.14. The van der Waals surface area contributed by atoms with E-state index in [1.54, 1.807) is 20.3 Å². The number of aryl methyl sites for hydroxylation is 1. The highest BCUT2D eigenvalue weighted by Gasteiger charge is 2.23. The molecule has 16 heavy (non-hydrogen) atoms. The van der Waals surface area contributed by atoms with E-state index in [-0.39, 0.29) is 0 Å². The van der Waals surface area contributed by atoms with E-state index in [1.165, 1.54) is 5.56 Å². The zero-order chi connectivity index (χ0) is 11.5. The zero-order valence-corrected chi connectivity index (χ0v) is 9.41. The number of hydrogen-bond donors (Lipinski definition) is 0. The standard InChI is InChI=1S/C13H13NO2/c1-15-11-6-5-9-3-4-10(7-8-14)12(9)13(11)16-2/h5-7H,3-4H2,1-2H3/b10-7+. The fraction of sp³-hybridized carbons (Fsp3) is 0.308. The lowest BCUT2D eigenvalue weighted by Gasteiger charge is -2.12. The van der Waals surface area contributed by atoms with Gasteiger partial charge in [-0.2, -0.15) is 5.26 Å². The van der Waals surface area contributed by atoms with Crippen molar-refractivity contribution in [1.29, 1.82) is 5.26 Å². The van der Waals surface area contributed by atoms with Crippen molar-refractivity contribution in [2.75, 3.05) is 14.2 Å². The number of allylic oxidation sites excluding steroid dienone is 2. The fourth-order valence-corrected chi connectivity index (χ4v) is 2.14. The van der Waals surface area contributed by atoms with Crippen molar-refractivity contribution in [3.05, 3.63) is 29.3 Å². The van der Waals surface area contributed by atoms with Gasteiger partial charge in [-0.05, 0) is 30.0 Å². The van der Waals surface area contributed by atoms with E-state index in [1.807, 2.05) is 12.1 Å². The van der Waals surface area contributed by atoms with Gasteiger partial charge in [-0.25, -0.2) is 0 Å². The number of methoxy groups -OCH3 is 2. The van der Waals surface area contributed by atoms with Gasteiger partial charge in [0.25, 0.3) is 0 Å². The Labute approximate surface area is 94.9 Å². The number of fused-ring (bicyclic) bond motifs is 1. The summed E-state index contributed by atoms with van der Waals surface area (Å²) in [7, 11) is 3.24. The van der Waals surface area contributed by atoms with Crippen molar-refractivity contribution in [1.82, 2.24) is 0 Å². The highest BCUT2D eigenvalue weighted by Crippen LogP contribution is 2.43. The van der Waals surface area contributed by atoms with Crippen LogP contribution in [-0.4, -0.2) is 14.2 Å². The number of rotatable bonds is 2. The van der Waals surface area contributed by atoms with Crippen molar-refractivity contribution < 1.29 is 9.47 Å². The maximum Gasteiger partial charge on any atom is 0.168 e. The second-order valence-electron chi connectivity index (χ2n) is 3.63. The molecule has 0 bridgehead atoms. The first-order chi connectivity index (χ1) is 7.81. The number of ether oxygens (including phenoxy) is 2. The average Bonchev–Trinajstić information content (AvgIpc) is 2.72. The monoisotopic (exact) mass is 215 g/mol. The van der Waals surface area contributed by atoms with Gasteiger partial charge in [-0.1, -0.05) is 6.07 Å². The van der Waals surface area contributed by atoms with Gasteiger partial charge in [-0.15, -0.1) is 0 Å². The van der Waals surface area contributed by atoms with E-state index in [0.717, 1.165) is 29.7 Å². The maximum absolute atomic E-state index is 8.74. The first-order valence-electron chi connectivity index (χ1n) is 5.14. The maximum atomic E-state index is 8.74. The highest BCUT2D eigenvalue weighted by atomic mass is 16.5. The van der Waals surface area contributed by atoms with Crippen LogP contribution in [0.5, 0.6) is 11.5 Å². The summed E-state index contributed by atoms with van der Waals surface area (Å²) >= 11 is 0. The summed E-state index contributed by atoms with van der Waals surface area (Å²) in [5, 5.41) is 8.74. The first-order valence-corrected chi connectivity index (χ1v) is 5.14. The van der Waals surface area contributed by atoms with Crippen LogP contribution >= 0.6 is 0 Å². The van der Waals surface area contributed by atoms with Crippen LogP contribution in [0.2, 0.25) is 0 Å². The molecule has 1 aliphatic rings. The second kappa shape index (κ2) is 4.28. The molecule has 1 aliphatic carbocycles. The molecule has 0 heterocycles. The zero-order valence-electron chi connectivity index (χ0n) is 9.41. The number of nitrogens with zero attached hydrogens (tertiary/aromatic N) is 1. The summed E-state index contributed by atoms with van der Waals surface area (Å²) in [6.07, 6.45) is 3.45. The average molecular weight is 215 g/mol. The third kappa shape index (κ3) is 1.53. The third-order valence-corrected chi connectivity index (χ3v) is 2.86. The van der Waals surface area contributed by atoms with Gasteiger partial charge in [0.15, 0.2) is 11.5 Å². The minimum absolute atomic E-state index is 0.715. The topological polar surface area (TPSA) is 42.2 Å². The summed E-state index contributed by atoms with van der Waals surface area (Å²) in [6.45, 7) is 0. The van der Waals surface area contributed by atoms with Crippen molar-refractivity contribution >= 4 is 5.57 Å². The molecule has 0 aliphatic heterocycles. The van der Waals surface area contributed by atoms with Crippen molar-refractivity contribution in [3.63, 3.8) is 0 Å².